The van der Waals surface area contributed by atoms with E-state index in [0.717, 1.165) is 32.1 Å². The van der Waals surface area contributed by atoms with E-state index in [9.17, 15) is 18.7 Å². The maximum atomic E-state index is 13.7. The fourth-order valence-corrected chi connectivity index (χ4v) is 5.00. The molecule has 34 heavy (non-hydrogen) atoms. The molecule has 1 saturated carbocycles. The van der Waals surface area contributed by atoms with Crippen LogP contribution in [0.25, 0.3) is 5.65 Å². The number of aliphatic hydroxyl groups is 1. The number of carbonyl (C=O) groups excluding carboxylic acids is 1. The zero-order chi connectivity index (χ0) is 23.8. The number of alkyl halides is 2. The Labute approximate surface area is 195 Å². The zero-order valence-corrected chi connectivity index (χ0v) is 19.1. The number of aliphatic hydroxyl groups excluding tert-OH is 1. The first-order chi connectivity index (χ1) is 16.4. The molecule has 2 N–H and O–H groups in total. The van der Waals surface area contributed by atoms with E-state index >= 15 is 0 Å². The van der Waals surface area contributed by atoms with Crippen molar-refractivity contribution in [1.29, 1.82) is 0 Å². The van der Waals surface area contributed by atoms with Crippen LogP contribution in [0.4, 0.5) is 20.3 Å². The van der Waals surface area contributed by atoms with Crippen molar-refractivity contribution in [2.75, 3.05) is 23.3 Å². The molecular formula is C23H29F2N7O2. The predicted octanol–water partition coefficient (Wildman–Crippen LogP) is 3.83. The van der Waals surface area contributed by atoms with E-state index < -0.39 is 24.1 Å². The van der Waals surface area contributed by atoms with Gasteiger partial charge in [-0.15, -0.1) is 0 Å². The molecule has 1 amide bonds. The minimum absolute atomic E-state index is 0.00999. The highest BCUT2D eigenvalue weighted by Crippen LogP contribution is 2.36. The minimum Gasteiger partial charge on any atom is -0.391 e. The van der Waals surface area contributed by atoms with Gasteiger partial charge in [0.25, 0.3) is 12.3 Å². The van der Waals surface area contributed by atoms with Gasteiger partial charge in [0.2, 0.25) is 0 Å². The standard InChI is InChI=1S/C23H29F2N7O2/c1-2-14-3-5-15(6-4-14)32-13-18(20(29-32)21(24)25)27-23(34)17-11-26-31-10-8-19(28-22(17)31)30-9-7-16(33)12-30/h8,10-11,13-16,21,33H,2-7,9,12H2,1H3,(H,27,34)/t14-,15-,16-/m1/s1. The normalized spacial score (nSPS) is 23.2. The second kappa shape index (κ2) is 9.28. The number of fused-ring (bicyclic) bond motifs is 1. The number of hydrogen-bond acceptors (Lipinski definition) is 6. The van der Waals surface area contributed by atoms with Gasteiger partial charge in [-0.05, 0) is 44.1 Å². The number of nitrogens with zero attached hydrogens (tertiary/aromatic N) is 6. The number of rotatable bonds is 6. The van der Waals surface area contributed by atoms with E-state index in [-0.39, 0.29) is 17.3 Å². The molecule has 0 unspecified atom stereocenters. The van der Waals surface area contributed by atoms with Crippen LogP contribution in [0.15, 0.2) is 24.7 Å². The molecule has 3 aromatic rings. The van der Waals surface area contributed by atoms with Gasteiger partial charge in [-0.2, -0.15) is 10.2 Å². The van der Waals surface area contributed by atoms with Gasteiger partial charge in [-0.1, -0.05) is 13.3 Å². The molecule has 11 heteroatoms. The summed E-state index contributed by atoms with van der Waals surface area (Å²) < 4.78 is 30.6. The molecule has 2 aliphatic rings. The SMILES string of the molecule is CC[C@H]1CC[C@H](n2cc(NC(=O)c3cnn4ccc(N5CC[C@@H](O)C5)nc34)c(C(F)F)n2)CC1. The Morgan fingerprint density at radius 1 is 1.26 bits per heavy atom. The number of nitrogens with one attached hydrogen (secondary N) is 1. The lowest BCUT2D eigenvalue weighted by Gasteiger charge is -2.27. The van der Waals surface area contributed by atoms with Crippen LogP contribution in [-0.2, 0) is 0 Å². The monoisotopic (exact) mass is 473 g/mol. The Bertz CT molecular complexity index is 1170. The molecule has 182 valence electrons. The van der Waals surface area contributed by atoms with E-state index in [4.69, 9.17) is 0 Å². The minimum atomic E-state index is -2.81. The third-order valence-corrected chi connectivity index (χ3v) is 7.07. The first kappa shape index (κ1) is 22.7. The molecule has 3 aromatic heterocycles. The van der Waals surface area contributed by atoms with E-state index in [1.54, 1.807) is 16.9 Å². The second-order valence-electron chi connectivity index (χ2n) is 9.25. The number of halogens is 2. The number of β-amino-alcohol motifs (C(OH)–C–C–N with tert-alkyl or cyclic N) is 1. The van der Waals surface area contributed by atoms with Gasteiger partial charge in [0.15, 0.2) is 11.3 Å². The van der Waals surface area contributed by atoms with Crippen LogP contribution in [0.1, 0.15) is 74.0 Å². The van der Waals surface area contributed by atoms with E-state index in [2.05, 4.69) is 27.4 Å². The molecular weight excluding hydrogens is 444 g/mol. The van der Waals surface area contributed by atoms with Crippen molar-refractivity contribution in [3.8, 4) is 0 Å². The van der Waals surface area contributed by atoms with Crippen LogP contribution >= 0.6 is 0 Å². The molecule has 1 aliphatic heterocycles. The van der Waals surface area contributed by atoms with Gasteiger partial charge >= 0.3 is 0 Å². The molecule has 1 saturated heterocycles. The van der Waals surface area contributed by atoms with Crippen LogP contribution in [0.5, 0.6) is 0 Å². The predicted molar refractivity (Wildman–Crippen MR) is 122 cm³/mol. The lowest BCUT2D eigenvalue weighted by atomic mass is 9.85. The van der Waals surface area contributed by atoms with Crippen molar-refractivity contribution in [3.05, 3.63) is 35.9 Å². The fourth-order valence-electron chi connectivity index (χ4n) is 5.00. The maximum absolute atomic E-state index is 13.7. The van der Waals surface area contributed by atoms with Gasteiger partial charge in [0, 0.05) is 25.5 Å². The van der Waals surface area contributed by atoms with Crippen molar-refractivity contribution in [2.24, 2.45) is 5.92 Å². The molecule has 2 fully saturated rings. The van der Waals surface area contributed by atoms with E-state index in [1.165, 1.54) is 16.9 Å². The summed E-state index contributed by atoms with van der Waals surface area (Å²) in [5.41, 5.74) is 0.0798. The molecule has 0 aromatic carbocycles. The third-order valence-electron chi connectivity index (χ3n) is 7.07. The van der Waals surface area contributed by atoms with E-state index in [0.29, 0.717) is 36.9 Å². The number of aromatic nitrogens is 5. The van der Waals surface area contributed by atoms with Crippen LogP contribution in [0, 0.1) is 5.92 Å². The number of hydrogen-bond donors (Lipinski definition) is 2. The van der Waals surface area contributed by atoms with Crippen LogP contribution in [0.3, 0.4) is 0 Å². The quantitative estimate of drug-likeness (QED) is 0.564. The van der Waals surface area contributed by atoms with E-state index in [1.807, 2.05) is 4.90 Å². The van der Waals surface area contributed by atoms with Gasteiger partial charge in [0.05, 0.1) is 24.0 Å². The van der Waals surface area contributed by atoms with Crippen molar-refractivity contribution in [1.82, 2.24) is 24.4 Å². The fraction of sp³-hybridized carbons (Fsp3) is 0.565. The zero-order valence-electron chi connectivity index (χ0n) is 19.1. The second-order valence-corrected chi connectivity index (χ2v) is 9.25. The van der Waals surface area contributed by atoms with Crippen molar-refractivity contribution >= 4 is 23.1 Å². The summed E-state index contributed by atoms with van der Waals surface area (Å²) in [6, 6.07) is 1.83. The summed E-state index contributed by atoms with van der Waals surface area (Å²) in [5.74, 6) is 0.733. The van der Waals surface area contributed by atoms with Gasteiger partial charge in [-0.3, -0.25) is 9.48 Å². The summed E-state index contributed by atoms with van der Waals surface area (Å²) in [5, 5.41) is 20.7. The maximum Gasteiger partial charge on any atom is 0.284 e. The average Bonchev–Trinajstić information content (AvgIpc) is 3.56. The third kappa shape index (κ3) is 4.36. The Morgan fingerprint density at radius 3 is 2.74 bits per heavy atom. The molecule has 0 radical (unpaired) electrons. The molecule has 0 bridgehead atoms. The van der Waals surface area contributed by atoms with Gasteiger partial charge < -0.3 is 15.3 Å². The number of carbonyl (C=O) groups is 1. The molecule has 1 aliphatic carbocycles. The highest BCUT2D eigenvalue weighted by Gasteiger charge is 2.27. The van der Waals surface area contributed by atoms with Gasteiger partial charge in [-0.25, -0.2) is 18.3 Å². The van der Waals surface area contributed by atoms with Crippen molar-refractivity contribution in [2.45, 2.75) is 64.0 Å². The molecule has 0 spiro atoms. The summed E-state index contributed by atoms with van der Waals surface area (Å²) in [6.45, 7) is 3.31. The smallest absolute Gasteiger partial charge is 0.284 e. The summed E-state index contributed by atoms with van der Waals surface area (Å²) in [7, 11) is 0. The summed E-state index contributed by atoms with van der Waals surface area (Å²) >= 11 is 0. The Balaban J connectivity index is 1.38. The molecule has 9 nitrogen and oxygen atoms in total. The van der Waals surface area contributed by atoms with Gasteiger partial charge in [0.1, 0.15) is 11.4 Å². The average molecular weight is 474 g/mol. The highest BCUT2D eigenvalue weighted by atomic mass is 19.3. The lowest BCUT2D eigenvalue weighted by Crippen LogP contribution is -2.22. The molecule has 4 heterocycles. The first-order valence-electron chi connectivity index (χ1n) is 11.9. The lowest BCUT2D eigenvalue weighted by molar-refractivity contribution is 0.102. The van der Waals surface area contributed by atoms with Crippen LogP contribution in [-0.4, -0.2) is 54.6 Å². The summed E-state index contributed by atoms with van der Waals surface area (Å²) in [4.78, 5) is 19.6. The van der Waals surface area contributed by atoms with Crippen LogP contribution in [0.2, 0.25) is 0 Å². The highest BCUT2D eigenvalue weighted by molar-refractivity contribution is 6.08. The molecule has 5 rings (SSSR count). The Morgan fingerprint density at radius 2 is 2.06 bits per heavy atom. The number of anilines is 2. The largest absolute Gasteiger partial charge is 0.391 e. The van der Waals surface area contributed by atoms with Crippen LogP contribution < -0.4 is 10.2 Å². The first-order valence-corrected chi connectivity index (χ1v) is 11.9. The van der Waals surface area contributed by atoms with Crippen molar-refractivity contribution < 1.29 is 18.7 Å². The number of amides is 1. The Hall–Kier alpha value is -3.08. The van der Waals surface area contributed by atoms with Crippen molar-refractivity contribution in [3.63, 3.8) is 0 Å². The topological polar surface area (TPSA) is 101 Å². The Kier molecular flexibility index (Phi) is 6.20. The molecule has 1 atom stereocenters. The summed E-state index contributed by atoms with van der Waals surface area (Å²) in [6.07, 6.45) is 7.03.